The molecule has 71 heavy (non-hydrogen) atoms. The highest BCUT2D eigenvalue weighted by Crippen LogP contribution is 2.31. The predicted molar refractivity (Wildman–Crippen MR) is 279 cm³/mol. The van der Waals surface area contributed by atoms with Crippen molar-refractivity contribution in [2.45, 2.75) is 59.0 Å². The van der Waals surface area contributed by atoms with Crippen LogP contribution in [0.4, 0.5) is 34.1 Å². The monoisotopic (exact) mass is 1060 g/mol. The Labute approximate surface area is 435 Å². The van der Waals surface area contributed by atoms with Crippen molar-refractivity contribution in [1.29, 1.82) is 0 Å². The molecular formula is C50H49Cl5N8O8. The zero-order chi connectivity index (χ0) is 51.6. The highest BCUT2D eigenvalue weighted by Gasteiger charge is 2.26. The lowest BCUT2D eigenvalue weighted by molar-refractivity contribution is -0.127. The van der Waals surface area contributed by atoms with Gasteiger partial charge in [-0.15, -0.1) is 34.8 Å². The average Bonchev–Trinajstić information content (AvgIpc) is 3.31. The zero-order valence-corrected chi connectivity index (χ0v) is 42.7. The van der Waals surface area contributed by atoms with E-state index in [1.165, 1.54) is 54.6 Å². The number of carbonyl (C=O) groups excluding carboxylic acids is 6. The minimum absolute atomic E-state index is 0.0211. The third kappa shape index (κ3) is 16.3. The van der Waals surface area contributed by atoms with Crippen molar-refractivity contribution >= 4 is 127 Å². The minimum atomic E-state index is -1.63. The van der Waals surface area contributed by atoms with E-state index in [0.29, 0.717) is 66.3 Å². The molecule has 16 nitrogen and oxygen atoms in total. The number of anilines is 4. The number of ketones is 2. The molecule has 0 aliphatic heterocycles. The fraction of sp³-hybridized carbons (Fsp3) is 0.280. The Morgan fingerprint density at radius 2 is 0.972 bits per heavy atom. The van der Waals surface area contributed by atoms with Crippen LogP contribution in [-0.2, 0) is 38.4 Å². The first kappa shape index (κ1) is 55.5. The van der Waals surface area contributed by atoms with Gasteiger partial charge < -0.3 is 30.7 Å². The first-order valence-corrected chi connectivity index (χ1v) is 24.4. The number of amides is 4. The first-order valence-electron chi connectivity index (χ1n) is 22.1. The summed E-state index contributed by atoms with van der Waals surface area (Å²) in [7, 11) is 0. The number of alkyl halides is 3. The third-order valence-electron chi connectivity index (χ3n) is 10.1. The van der Waals surface area contributed by atoms with Crippen molar-refractivity contribution in [3.05, 3.63) is 129 Å². The summed E-state index contributed by atoms with van der Waals surface area (Å²) in [6.45, 7) is 6.87. The number of nitrogens with zero attached hydrogens (tertiary/aromatic N) is 4. The predicted octanol–water partition coefficient (Wildman–Crippen LogP) is 12.0. The molecule has 5 aromatic rings. The summed E-state index contributed by atoms with van der Waals surface area (Å²) in [5, 5.41) is 27.3. The van der Waals surface area contributed by atoms with Gasteiger partial charge in [-0.3, -0.25) is 28.8 Å². The molecule has 0 fully saturated rings. The first-order chi connectivity index (χ1) is 34.0. The van der Waals surface area contributed by atoms with Gasteiger partial charge in [0.25, 0.3) is 23.6 Å². The third-order valence-corrected chi connectivity index (χ3v) is 11.3. The molecule has 0 heterocycles. The number of benzene rings is 5. The van der Waals surface area contributed by atoms with Crippen LogP contribution in [0.25, 0.3) is 0 Å². The number of hydrogen-bond acceptors (Lipinski definition) is 12. The molecule has 0 spiro atoms. The van der Waals surface area contributed by atoms with Gasteiger partial charge in [0.15, 0.2) is 11.6 Å². The van der Waals surface area contributed by atoms with Gasteiger partial charge >= 0.3 is 0 Å². The molecule has 372 valence electrons. The van der Waals surface area contributed by atoms with Crippen LogP contribution in [0.5, 0.6) is 11.5 Å². The van der Waals surface area contributed by atoms with Gasteiger partial charge in [0.1, 0.15) is 22.9 Å². The quantitative estimate of drug-likeness (QED) is 0.0264. The van der Waals surface area contributed by atoms with Crippen molar-refractivity contribution in [3.63, 3.8) is 0 Å². The molecule has 0 radical (unpaired) electrons. The summed E-state index contributed by atoms with van der Waals surface area (Å²) >= 11 is 30.8. The second kappa shape index (κ2) is 27.2. The van der Waals surface area contributed by atoms with E-state index in [4.69, 9.17) is 67.5 Å². The number of hydrogen-bond donors (Lipinski definition) is 4. The standard InChI is InChI=1S/C50H49Cl5N8O8/c1-5-70-38-21-30(13-16-51)19-36(26-38)57-47(66)33-7-10-40(54)43(24-33)60-62-45(28(3)64)49(68)56-35-9-12-42(32(23-35)15-18-53)59-50(69)46(29(4)65)63-61-44-25-34(8-11-41(44)55)48(67)58-37-20-31(14-17-52)22-39(27-37)71-6-2/h7-12,19-27,45-46H,5-6,13-18H2,1-4H3,(H,56,68)(H,57,66)(H,58,67)(H,59,69). The molecule has 5 rings (SSSR count). The number of aryl methyl sites for hydroxylation is 3. The molecular weight excluding hydrogens is 1020 g/mol. The number of carbonyl (C=O) groups is 6. The lowest BCUT2D eigenvalue weighted by Gasteiger charge is -2.15. The maximum Gasteiger partial charge on any atom is 0.258 e. The molecule has 21 heteroatoms. The Kier molecular flexibility index (Phi) is 21.3. The Balaban J connectivity index is 1.28. The summed E-state index contributed by atoms with van der Waals surface area (Å²) < 4.78 is 11.3. The lowest BCUT2D eigenvalue weighted by atomic mass is 10.1. The van der Waals surface area contributed by atoms with Crippen LogP contribution in [-0.4, -0.2) is 78.1 Å². The Bertz CT molecular complexity index is 2800. The molecule has 2 unspecified atom stereocenters. The van der Waals surface area contributed by atoms with E-state index in [1.807, 2.05) is 26.0 Å². The second-order valence-electron chi connectivity index (χ2n) is 15.5. The van der Waals surface area contributed by atoms with Crippen molar-refractivity contribution in [1.82, 2.24) is 0 Å². The summed E-state index contributed by atoms with van der Waals surface area (Å²) in [4.78, 5) is 79.2. The van der Waals surface area contributed by atoms with Crippen LogP contribution < -0.4 is 30.7 Å². The van der Waals surface area contributed by atoms with Gasteiger partial charge in [-0.2, -0.15) is 20.5 Å². The van der Waals surface area contributed by atoms with Gasteiger partial charge in [0.2, 0.25) is 12.1 Å². The van der Waals surface area contributed by atoms with Crippen molar-refractivity contribution in [2.75, 3.05) is 52.1 Å². The van der Waals surface area contributed by atoms with E-state index in [-0.39, 0.29) is 56.2 Å². The normalized spacial score (nSPS) is 12.0. The lowest BCUT2D eigenvalue weighted by Crippen LogP contribution is -2.32. The van der Waals surface area contributed by atoms with Crippen LogP contribution in [0.2, 0.25) is 10.0 Å². The van der Waals surface area contributed by atoms with Crippen molar-refractivity contribution < 1.29 is 38.2 Å². The molecule has 0 aliphatic rings. The molecule has 0 aromatic heterocycles. The number of Topliss-reactive ketones (excluding diaryl/α,β-unsaturated/α-hetero) is 2. The molecule has 5 aromatic carbocycles. The fourth-order valence-electron chi connectivity index (χ4n) is 6.73. The Morgan fingerprint density at radius 1 is 0.521 bits per heavy atom. The molecule has 4 amide bonds. The number of azo groups is 2. The molecule has 0 bridgehead atoms. The SMILES string of the molecule is CCOc1cc(CCCl)cc(NC(=O)c2ccc(Cl)c(N=NC(C(C)=O)C(=O)Nc3ccc(NC(=O)C(N=Nc4cc(C(=O)Nc5cc(CCCl)cc(OCC)c5)ccc4Cl)C(C)=O)c(CCCl)c3)c2)c1. The Hall–Kier alpha value is -6.43. The van der Waals surface area contributed by atoms with Crippen LogP contribution in [0, 0.1) is 0 Å². The highest BCUT2D eigenvalue weighted by molar-refractivity contribution is 6.33. The zero-order valence-electron chi connectivity index (χ0n) is 38.9. The van der Waals surface area contributed by atoms with Gasteiger partial charge in [0.05, 0.1) is 23.3 Å². The molecule has 2 atom stereocenters. The van der Waals surface area contributed by atoms with Crippen LogP contribution >= 0.6 is 58.0 Å². The summed E-state index contributed by atoms with van der Waals surface area (Å²) in [6, 6.07) is 20.4. The number of halogens is 5. The maximum atomic E-state index is 13.6. The number of nitrogens with one attached hydrogen (secondary N) is 4. The van der Waals surface area contributed by atoms with Gasteiger partial charge in [-0.1, -0.05) is 23.2 Å². The molecule has 0 aliphatic carbocycles. The summed E-state index contributed by atoms with van der Waals surface area (Å²) in [5.74, 6) is -1.99. The summed E-state index contributed by atoms with van der Waals surface area (Å²) in [6.07, 6.45) is 1.32. The minimum Gasteiger partial charge on any atom is -0.494 e. The summed E-state index contributed by atoms with van der Waals surface area (Å²) in [5.41, 5.74) is 3.98. The van der Waals surface area contributed by atoms with E-state index in [1.54, 1.807) is 24.3 Å². The molecule has 0 saturated carbocycles. The van der Waals surface area contributed by atoms with Crippen molar-refractivity contribution in [2.24, 2.45) is 20.5 Å². The van der Waals surface area contributed by atoms with Gasteiger partial charge in [-0.25, -0.2) is 0 Å². The number of rotatable bonds is 24. The molecule has 4 N–H and O–H groups in total. The van der Waals surface area contributed by atoms with Crippen molar-refractivity contribution in [3.8, 4) is 11.5 Å². The second-order valence-corrected chi connectivity index (χ2v) is 17.4. The molecule has 0 saturated heterocycles. The maximum absolute atomic E-state index is 13.6. The Morgan fingerprint density at radius 3 is 1.39 bits per heavy atom. The smallest absolute Gasteiger partial charge is 0.258 e. The van der Waals surface area contributed by atoms with E-state index < -0.39 is 47.3 Å². The van der Waals surface area contributed by atoms with E-state index in [9.17, 15) is 28.8 Å². The van der Waals surface area contributed by atoms with E-state index >= 15 is 0 Å². The van der Waals surface area contributed by atoms with E-state index in [2.05, 4.69) is 41.7 Å². The largest absolute Gasteiger partial charge is 0.494 e. The van der Waals surface area contributed by atoms with E-state index in [0.717, 1.165) is 25.0 Å². The fourth-order valence-corrected chi connectivity index (χ4v) is 7.68. The number of ether oxygens (including phenoxy) is 2. The van der Waals surface area contributed by atoms with Gasteiger partial charge in [-0.05, 0) is 143 Å². The van der Waals surface area contributed by atoms with Crippen LogP contribution in [0.1, 0.15) is 65.1 Å². The highest BCUT2D eigenvalue weighted by atomic mass is 35.5. The van der Waals surface area contributed by atoms with Crippen LogP contribution in [0.3, 0.4) is 0 Å². The average molecular weight is 1070 g/mol. The van der Waals surface area contributed by atoms with Gasteiger partial charge in [0, 0.05) is 63.6 Å². The van der Waals surface area contributed by atoms with Crippen LogP contribution in [0.15, 0.2) is 111 Å². The topological polar surface area (TPSA) is 218 Å².